The molecule has 18 heavy (non-hydrogen) atoms. The highest BCUT2D eigenvalue weighted by Crippen LogP contribution is 2.26. The number of hydrogen-bond acceptors (Lipinski definition) is 3. The van der Waals surface area contributed by atoms with Gasteiger partial charge in [0.15, 0.2) is 0 Å². The molecule has 0 saturated carbocycles. The molecule has 0 radical (unpaired) electrons. The lowest BCUT2D eigenvalue weighted by Gasteiger charge is -2.25. The summed E-state index contributed by atoms with van der Waals surface area (Å²) in [6.07, 6.45) is 1.12. The molecule has 2 heterocycles. The summed E-state index contributed by atoms with van der Waals surface area (Å²) in [5.41, 5.74) is 0. The first-order valence-electron chi connectivity index (χ1n) is 6.48. The SMILES string of the molecule is CC(Cc1cccs1)NC(c1cccs1)C(C)C. The Morgan fingerprint density at radius 3 is 2.33 bits per heavy atom. The topological polar surface area (TPSA) is 12.0 Å². The second-order valence-electron chi connectivity index (χ2n) is 5.09. The summed E-state index contributed by atoms with van der Waals surface area (Å²) in [5.74, 6) is 0.620. The van der Waals surface area contributed by atoms with Crippen LogP contribution in [0.3, 0.4) is 0 Å². The van der Waals surface area contributed by atoms with Crippen LogP contribution >= 0.6 is 22.7 Å². The highest BCUT2D eigenvalue weighted by molar-refractivity contribution is 7.10. The van der Waals surface area contributed by atoms with Crippen LogP contribution in [-0.2, 0) is 6.42 Å². The quantitative estimate of drug-likeness (QED) is 0.806. The zero-order chi connectivity index (χ0) is 13.0. The van der Waals surface area contributed by atoms with Gasteiger partial charge in [0.05, 0.1) is 0 Å². The van der Waals surface area contributed by atoms with Crippen LogP contribution in [0.25, 0.3) is 0 Å². The van der Waals surface area contributed by atoms with Crippen molar-refractivity contribution in [3.8, 4) is 0 Å². The lowest BCUT2D eigenvalue weighted by molar-refractivity contribution is 0.374. The van der Waals surface area contributed by atoms with Gasteiger partial charge in [-0.2, -0.15) is 0 Å². The lowest BCUT2D eigenvalue weighted by Crippen LogP contribution is -2.34. The van der Waals surface area contributed by atoms with Crippen LogP contribution in [0.5, 0.6) is 0 Å². The zero-order valence-electron chi connectivity index (χ0n) is 11.2. The van der Waals surface area contributed by atoms with Crippen LogP contribution in [0.2, 0.25) is 0 Å². The van der Waals surface area contributed by atoms with Gasteiger partial charge in [-0.15, -0.1) is 22.7 Å². The van der Waals surface area contributed by atoms with Gasteiger partial charge in [0.25, 0.3) is 0 Å². The summed E-state index contributed by atoms with van der Waals surface area (Å²) in [6.45, 7) is 6.85. The van der Waals surface area contributed by atoms with Crippen LogP contribution in [0.15, 0.2) is 35.0 Å². The minimum absolute atomic E-state index is 0.472. The maximum atomic E-state index is 3.77. The molecule has 2 aromatic heterocycles. The maximum Gasteiger partial charge on any atom is 0.0440 e. The number of thiophene rings is 2. The fourth-order valence-corrected chi connectivity index (χ4v) is 3.96. The largest absolute Gasteiger partial charge is 0.306 e. The van der Waals surface area contributed by atoms with Crippen LogP contribution in [0.1, 0.15) is 36.6 Å². The maximum absolute atomic E-state index is 3.77. The Hall–Kier alpha value is -0.640. The summed E-state index contributed by atoms with van der Waals surface area (Å²) < 4.78 is 0. The van der Waals surface area contributed by atoms with Gasteiger partial charge in [0, 0.05) is 21.8 Å². The van der Waals surface area contributed by atoms with Crippen molar-refractivity contribution in [2.24, 2.45) is 5.92 Å². The standard InChI is InChI=1S/C15H21NS2/c1-11(2)15(14-7-5-9-18-14)16-12(3)10-13-6-4-8-17-13/h4-9,11-12,15-16H,10H2,1-3H3. The first-order valence-corrected chi connectivity index (χ1v) is 8.24. The molecular formula is C15H21NS2. The average Bonchev–Trinajstić information content (AvgIpc) is 2.97. The van der Waals surface area contributed by atoms with Crippen LogP contribution in [-0.4, -0.2) is 6.04 Å². The van der Waals surface area contributed by atoms with Crippen molar-refractivity contribution in [1.82, 2.24) is 5.32 Å². The van der Waals surface area contributed by atoms with Gasteiger partial charge in [-0.1, -0.05) is 26.0 Å². The summed E-state index contributed by atoms with van der Waals surface area (Å²) in [6, 6.07) is 9.71. The number of hydrogen-bond donors (Lipinski definition) is 1. The van der Waals surface area contributed by atoms with E-state index in [1.54, 1.807) is 0 Å². The van der Waals surface area contributed by atoms with Gasteiger partial charge < -0.3 is 5.32 Å². The lowest BCUT2D eigenvalue weighted by atomic mass is 10.0. The van der Waals surface area contributed by atoms with E-state index in [0.29, 0.717) is 18.0 Å². The molecule has 2 rings (SSSR count). The number of rotatable bonds is 6. The van der Waals surface area contributed by atoms with Crippen LogP contribution in [0, 0.1) is 5.92 Å². The molecule has 0 bridgehead atoms. The van der Waals surface area contributed by atoms with Crippen molar-refractivity contribution in [2.75, 3.05) is 0 Å². The van der Waals surface area contributed by atoms with E-state index < -0.39 is 0 Å². The Morgan fingerprint density at radius 2 is 1.78 bits per heavy atom. The van der Waals surface area contributed by atoms with Gasteiger partial charge in [0.2, 0.25) is 0 Å². The molecule has 98 valence electrons. The van der Waals surface area contributed by atoms with Gasteiger partial charge in [-0.05, 0) is 42.2 Å². The first kappa shape index (κ1) is 13.8. The van der Waals surface area contributed by atoms with Crippen molar-refractivity contribution in [3.63, 3.8) is 0 Å². The Bertz CT molecular complexity index is 431. The minimum Gasteiger partial charge on any atom is -0.306 e. The molecule has 1 N–H and O–H groups in total. The molecule has 0 aromatic carbocycles. The van der Waals surface area contributed by atoms with Gasteiger partial charge in [-0.25, -0.2) is 0 Å². The van der Waals surface area contributed by atoms with E-state index in [2.05, 4.69) is 61.1 Å². The van der Waals surface area contributed by atoms with E-state index in [-0.39, 0.29) is 0 Å². The molecule has 0 aliphatic carbocycles. The Balaban J connectivity index is 1.97. The average molecular weight is 279 g/mol. The summed E-state index contributed by atoms with van der Waals surface area (Å²) in [7, 11) is 0. The van der Waals surface area contributed by atoms with E-state index in [4.69, 9.17) is 0 Å². The smallest absolute Gasteiger partial charge is 0.0440 e. The molecule has 0 aliphatic heterocycles. The third kappa shape index (κ3) is 3.67. The summed E-state index contributed by atoms with van der Waals surface area (Å²) in [4.78, 5) is 2.91. The highest BCUT2D eigenvalue weighted by atomic mass is 32.1. The Morgan fingerprint density at radius 1 is 1.06 bits per heavy atom. The molecule has 2 unspecified atom stereocenters. The Labute approximate surface area is 118 Å². The molecule has 0 aliphatic rings. The van der Waals surface area contributed by atoms with E-state index >= 15 is 0 Å². The van der Waals surface area contributed by atoms with E-state index in [1.165, 1.54) is 9.75 Å². The molecule has 0 spiro atoms. The van der Waals surface area contributed by atoms with Crippen molar-refractivity contribution in [1.29, 1.82) is 0 Å². The molecule has 0 fully saturated rings. The predicted octanol–water partition coefficient (Wildman–Crippen LogP) is 4.73. The molecule has 1 nitrogen and oxygen atoms in total. The van der Waals surface area contributed by atoms with Crippen LogP contribution in [0.4, 0.5) is 0 Å². The summed E-state index contributed by atoms with van der Waals surface area (Å²) >= 11 is 3.70. The van der Waals surface area contributed by atoms with Gasteiger partial charge in [0.1, 0.15) is 0 Å². The summed E-state index contributed by atoms with van der Waals surface area (Å²) in [5, 5.41) is 8.09. The van der Waals surface area contributed by atoms with Crippen molar-refractivity contribution < 1.29 is 0 Å². The van der Waals surface area contributed by atoms with Crippen LogP contribution < -0.4 is 5.32 Å². The highest BCUT2D eigenvalue weighted by Gasteiger charge is 2.18. The van der Waals surface area contributed by atoms with E-state index in [0.717, 1.165) is 6.42 Å². The normalized spacial score (nSPS) is 14.9. The molecular weight excluding hydrogens is 258 g/mol. The number of nitrogens with one attached hydrogen (secondary N) is 1. The van der Waals surface area contributed by atoms with E-state index in [9.17, 15) is 0 Å². The predicted molar refractivity (Wildman–Crippen MR) is 82.5 cm³/mol. The third-order valence-electron chi connectivity index (χ3n) is 3.07. The van der Waals surface area contributed by atoms with Gasteiger partial charge in [-0.3, -0.25) is 0 Å². The molecule has 2 aromatic rings. The second kappa shape index (κ2) is 6.50. The Kier molecular flexibility index (Phi) is 4.98. The molecule has 0 amide bonds. The van der Waals surface area contributed by atoms with Crippen molar-refractivity contribution in [3.05, 3.63) is 44.8 Å². The van der Waals surface area contributed by atoms with Crippen molar-refractivity contribution in [2.45, 2.75) is 39.3 Å². The fourth-order valence-electron chi connectivity index (χ4n) is 2.17. The zero-order valence-corrected chi connectivity index (χ0v) is 12.9. The van der Waals surface area contributed by atoms with Gasteiger partial charge >= 0.3 is 0 Å². The minimum atomic E-state index is 0.472. The van der Waals surface area contributed by atoms with Crippen molar-refractivity contribution >= 4 is 22.7 Å². The first-order chi connectivity index (χ1) is 8.66. The monoisotopic (exact) mass is 279 g/mol. The van der Waals surface area contributed by atoms with E-state index in [1.807, 2.05) is 22.7 Å². The molecule has 3 heteroatoms. The molecule has 0 saturated heterocycles. The molecule has 2 atom stereocenters. The third-order valence-corrected chi connectivity index (χ3v) is 4.92. The fraction of sp³-hybridized carbons (Fsp3) is 0.467. The second-order valence-corrected chi connectivity index (χ2v) is 7.10.